The summed E-state index contributed by atoms with van der Waals surface area (Å²) < 4.78 is 0. The summed E-state index contributed by atoms with van der Waals surface area (Å²) >= 11 is 1.67. The molecule has 1 N–H and O–H groups in total. The van der Waals surface area contributed by atoms with Crippen LogP contribution in [0.1, 0.15) is 37.7 Å². The minimum absolute atomic E-state index is 0.0611. The second kappa shape index (κ2) is 6.57. The molecule has 5 heteroatoms. The van der Waals surface area contributed by atoms with Gasteiger partial charge in [-0.3, -0.25) is 9.69 Å². The number of amides is 3. The third kappa shape index (κ3) is 3.04. The molecule has 116 valence electrons. The summed E-state index contributed by atoms with van der Waals surface area (Å²) in [6.07, 6.45) is 9.02. The zero-order chi connectivity index (χ0) is 15.5. The molecule has 2 aliphatic rings. The lowest BCUT2D eigenvalue weighted by molar-refractivity contribution is -0.124. The number of urea groups is 1. The Bertz CT molecular complexity index is 604. The van der Waals surface area contributed by atoms with E-state index in [1.165, 1.54) is 16.2 Å². The summed E-state index contributed by atoms with van der Waals surface area (Å²) in [4.78, 5) is 27.2. The Morgan fingerprint density at radius 1 is 1.14 bits per heavy atom. The van der Waals surface area contributed by atoms with Crippen LogP contribution in [-0.4, -0.2) is 29.1 Å². The van der Waals surface area contributed by atoms with Crippen molar-refractivity contribution in [2.75, 3.05) is 6.26 Å². The summed E-state index contributed by atoms with van der Waals surface area (Å²) in [7, 11) is 0. The van der Waals surface area contributed by atoms with Crippen LogP contribution in [0, 0.1) is 0 Å². The van der Waals surface area contributed by atoms with Gasteiger partial charge in [0.25, 0.3) is 5.91 Å². The summed E-state index contributed by atoms with van der Waals surface area (Å²) in [5, 5.41) is 2.72. The molecule has 1 saturated heterocycles. The molecule has 1 heterocycles. The number of imide groups is 1. The lowest BCUT2D eigenvalue weighted by atomic mass is 9.94. The third-order valence-electron chi connectivity index (χ3n) is 4.28. The fourth-order valence-corrected chi connectivity index (χ4v) is 3.49. The van der Waals surface area contributed by atoms with Gasteiger partial charge in [0.1, 0.15) is 5.70 Å². The van der Waals surface area contributed by atoms with E-state index in [2.05, 4.69) is 5.32 Å². The van der Waals surface area contributed by atoms with E-state index in [1.54, 1.807) is 17.8 Å². The van der Waals surface area contributed by atoms with Crippen molar-refractivity contribution in [1.82, 2.24) is 10.2 Å². The summed E-state index contributed by atoms with van der Waals surface area (Å²) in [6, 6.07) is 7.73. The zero-order valence-electron chi connectivity index (χ0n) is 12.7. The maximum atomic E-state index is 12.5. The summed E-state index contributed by atoms with van der Waals surface area (Å²) in [5.74, 6) is -0.189. The van der Waals surface area contributed by atoms with Crippen molar-refractivity contribution in [2.24, 2.45) is 0 Å². The van der Waals surface area contributed by atoms with E-state index < -0.39 is 0 Å². The molecule has 0 spiro atoms. The highest BCUT2D eigenvalue weighted by molar-refractivity contribution is 7.98. The molecule has 0 aromatic heterocycles. The van der Waals surface area contributed by atoms with Crippen molar-refractivity contribution < 1.29 is 9.59 Å². The molecule has 3 rings (SSSR count). The van der Waals surface area contributed by atoms with Gasteiger partial charge in [-0.25, -0.2) is 4.79 Å². The van der Waals surface area contributed by atoms with Gasteiger partial charge >= 0.3 is 6.03 Å². The summed E-state index contributed by atoms with van der Waals surface area (Å²) in [6.45, 7) is 0. The molecular weight excluding hydrogens is 296 g/mol. The van der Waals surface area contributed by atoms with Gasteiger partial charge < -0.3 is 5.32 Å². The van der Waals surface area contributed by atoms with Gasteiger partial charge in [-0.1, -0.05) is 31.4 Å². The van der Waals surface area contributed by atoms with Crippen molar-refractivity contribution in [3.8, 4) is 0 Å². The average molecular weight is 316 g/mol. The Balaban J connectivity index is 1.78. The molecule has 1 saturated carbocycles. The zero-order valence-corrected chi connectivity index (χ0v) is 13.5. The second-order valence-corrected chi connectivity index (χ2v) is 6.61. The van der Waals surface area contributed by atoms with E-state index in [9.17, 15) is 9.59 Å². The maximum Gasteiger partial charge on any atom is 0.329 e. The van der Waals surface area contributed by atoms with E-state index in [4.69, 9.17) is 0 Å². The molecule has 0 unspecified atom stereocenters. The van der Waals surface area contributed by atoms with E-state index in [0.29, 0.717) is 5.70 Å². The van der Waals surface area contributed by atoms with Crippen LogP contribution in [0.15, 0.2) is 34.9 Å². The van der Waals surface area contributed by atoms with E-state index in [0.717, 1.165) is 31.2 Å². The number of carbonyl (C=O) groups is 2. The van der Waals surface area contributed by atoms with Gasteiger partial charge in [0, 0.05) is 10.9 Å². The number of hydrogen-bond donors (Lipinski definition) is 1. The predicted molar refractivity (Wildman–Crippen MR) is 88.5 cm³/mol. The van der Waals surface area contributed by atoms with Crippen LogP contribution in [0.25, 0.3) is 6.08 Å². The molecule has 1 aliphatic carbocycles. The molecule has 1 aromatic carbocycles. The van der Waals surface area contributed by atoms with Crippen molar-refractivity contribution >= 4 is 29.8 Å². The number of thioether (sulfide) groups is 1. The van der Waals surface area contributed by atoms with Gasteiger partial charge in [-0.15, -0.1) is 11.8 Å². The van der Waals surface area contributed by atoms with Crippen LogP contribution >= 0.6 is 11.8 Å². The van der Waals surface area contributed by atoms with Gasteiger partial charge in [0.2, 0.25) is 0 Å². The average Bonchev–Trinajstić information content (AvgIpc) is 2.83. The Hall–Kier alpha value is -1.75. The fraction of sp³-hybridized carbons (Fsp3) is 0.412. The van der Waals surface area contributed by atoms with Gasteiger partial charge in [0.05, 0.1) is 0 Å². The molecule has 0 bridgehead atoms. The van der Waals surface area contributed by atoms with Crippen LogP contribution in [0.3, 0.4) is 0 Å². The minimum atomic E-state index is -0.274. The number of rotatable bonds is 3. The molecular formula is C17H20N2O2S. The van der Waals surface area contributed by atoms with Crippen molar-refractivity contribution in [3.05, 3.63) is 35.5 Å². The molecule has 1 aliphatic heterocycles. The first kappa shape index (κ1) is 15.2. The normalized spacial score (nSPS) is 21.5. The Morgan fingerprint density at radius 3 is 2.45 bits per heavy atom. The fourth-order valence-electron chi connectivity index (χ4n) is 3.09. The van der Waals surface area contributed by atoms with Crippen molar-refractivity contribution in [3.63, 3.8) is 0 Å². The highest BCUT2D eigenvalue weighted by Gasteiger charge is 2.38. The molecule has 22 heavy (non-hydrogen) atoms. The Kier molecular flexibility index (Phi) is 4.52. The predicted octanol–water partition coefficient (Wildman–Crippen LogP) is 3.63. The third-order valence-corrected chi connectivity index (χ3v) is 5.02. The Morgan fingerprint density at radius 2 is 1.82 bits per heavy atom. The van der Waals surface area contributed by atoms with Crippen LogP contribution < -0.4 is 5.32 Å². The Labute approximate surface area is 135 Å². The van der Waals surface area contributed by atoms with E-state index in [-0.39, 0.29) is 18.0 Å². The van der Waals surface area contributed by atoms with E-state index >= 15 is 0 Å². The smallest absolute Gasteiger partial charge is 0.303 e. The van der Waals surface area contributed by atoms with Crippen LogP contribution in [0.5, 0.6) is 0 Å². The monoisotopic (exact) mass is 316 g/mol. The second-order valence-electron chi connectivity index (χ2n) is 5.73. The number of nitrogens with one attached hydrogen (secondary N) is 1. The highest BCUT2D eigenvalue weighted by atomic mass is 32.2. The van der Waals surface area contributed by atoms with Crippen molar-refractivity contribution in [1.29, 1.82) is 0 Å². The number of nitrogens with zero attached hydrogens (tertiary/aromatic N) is 1. The molecule has 1 aromatic rings. The molecule has 2 fully saturated rings. The maximum absolute atomic E-state index is 12.5. The SMILES string of the molecule is CSc1ccc(/C=C2\NC(=O)N(C3CCCCC3)C2=O)cc1. The van der Waals surface area contributed by atoms with Gasteiger partial charge in [-0.05, 0) is 42.9 Å². The molecule has 3 amide bonds. The highest BCUT2D eigenvalue weighted by Crippen LogP contribution is 2.27. The standard InChI is InChI=1S/C17H20N2O2S/c1-22-14-9-7-12(8-10-14)11-15-16(20)19(17(21)18-15)13-5-3-2-4-6-13/h7-11,13H,2-6H2,1H3,(H,18,21)/b15-11-. The van der Waals surface area contributed by atoms with Gasteiger partial charge in [-0.2, -0.15) is 0 Å². The van der Waals surface area contributed by atoms with Crippen molar-refractivity contribution in [2.45, 2.75) is 43.0 Å². The topological polar surface area (TPSA) is 49.4 Å². The first-order valence-corrected chi connectivity index (χ1v) is 8.92. The summed E-state index contributed by atoms with van der Waals surface area (Å²) in [5.41, 5.74) is 1.31. The first-order chi connectivity index (χ1) is 10.7. The lowest BCUT2D eigenvalue weighted by Crippen LogP contribution is -2.41. The molecule has 4 nitrogen and oxygen atoms in total. The van der Waals surface area contributed by atoms with Gasteiger partial charge in [0.15, 0.2) is 0 Å². The van der Waals surface area contributed by atoms with E-state index in [1.807, 2.05) is 30.5 Å². The first-order valence-electron chi connectivity index (χ1n) is 7.69. The van der Waals surface area contributed by atoms with Crippen LogP contribution in [0.2, 0.25) is 0 Å². The quantitative estimate of drug-likeness (QED) is 0.526. The van der Waals surface area contributed by atoms with Crippen LogP contribution in [0.4, 0.5) is 4.79 Å². The lowest BCUT2D eigenvalue weighted by Gasteiger charge is -2.28. The number of hydrogen-bond acceptors (Lipinski definition) is 3. The van der Waals surface area contributed by atoms with Crippen LogP contribution in [-0.2, 0) is 4.79 Å². The molecule has 0 radical (unpaired) electrons. The molecule has 0 atom stereocenters. The number of benzene rings is 1. The minimum Gasteiger partial charge on any atom is -0.303 e. The largest absolute Gasteiger partial charge is 0.329 e. The number of carbonyl (C=O) groups excluding carboxylic acids is 2.